The average Bonchev–Trinajstić information content (AvgIpc) is 2.83. The number of aryl methyl sites for hydroxylation is 2. The fourth-order valence-corrected chi connectivity index (χ4v) is 2.23. The third-order valence-corrected chi connectivity index (χ3v) is 3.12. The van der Waals surface area contributed by atoms with Crippen LogP contribution in [0, 0.1) is 0 Å². The summed E-state index contributed by atoms with van der Waals surface area (Å²) in [6, 6.07) is -0.203. The molecule has 6 heteroatoms. The lowest BCUT2D eigenvalue weighted by Crippen LogP contribution is -2.17. The molecule has 0 bridgehead atoms. The van der Waals surface area contributed by atoms with Gasteiger partial charge in [0.1, 0.15) is 0 Å². The molecule has 1 atom stereocenters. The molecule has 5 nitrogen and oxygen atoms in total. The van der Waals surface area contributed by atoms with Crippen LogP contribution in [0.15, 0.2) is 23.1 Å². The molecule has 2 rings (SSSR count). The van der Waals surface area contributed by atoms with E-state index >= 15 is 0 Å². The van der Waals surface area contributed by atoms with Crippen LogP contribution in [0.1, 0.15) is 24.2 Å². The molecular weight excluding hydrogens is 270 g/mol. The average molecular weight is 284 g/mol. The SMILES string of the molecule is CCn1ncc(Br)c1C(N)c1cnn(C)c1. The van der Waals surface area contributed by atoms with Crippen LogP contribution in [0.3, 0.4) is 0 Å². The molecule has 16 heavy (non-hydrogen) atoms. The molecule has 2 N–H and O–H groups in total. The lowest BCUT2D eigenvalue weighted by atomic mass is 10.1. The Labute approximate surface area is 102 Å². The summed E-state index contributed by atoms with van der Waals surface area (Å²) in [6.45, 7) is 2.84. The van der Waals surface area contributed by atoms with E-state index in [-0.39, 0.29) is 6.04 Å². The molecule has 0 aromatic carbocycles. The van der Waals surface area contributed by atoms with Crippen molar-refractivity contribution < 1.29 is 0 Å². The van der Waals surface area contributed by atoms with Gasteiger partial charge in [0.15, 0.2) is 0 Å². The minimum Gasteiger partial charge on any atom is -0.319 e. The molecule has 86 valence electrons. The molecule has 2 aromatic heterocycles. The molecule has 0 aliphatic heterocycles. The maximum absolute atomic E-state index is 6.21. The van der Waals surface area contributed by atoms with Gasteiger partial charge in [-0.1, -0.05) is 0 Å². The highest BCUT2D eigenvalue weighted by atomic mass is 79.9. The zero-order chi connectivity index (χ0) is 11.7. The topological polar surface area (TPSA) is 61.7 Å². The Morgan fingerprint density at radius 2 is 2.19 bits per heavy atom. The number of aromatic nitrogens is 4. The van der Waals surface area contributed by atoms with Gasteiger partial charge in [0.25, 0.3) is 0 Å². The van der Waals surface area contributed by atoms with E-state index in [0.717, 1.165) is 22.3 Å². The third-order valence-electron chi connectivity index (χ3n) is 2.51. The van der Waals surface area contributed by atoms with Crippen LogP contribution in [0.4, 0.5) is 0 Å². The van der Waals surface area contributed by atoms with Gasteiger partial charge in [-0.2, -0.15) is 10.2 Å². The number of nitrogens with zero attached hydrogens (tertiary/aromatic N) is 4. The van der Waals surface area contributed by atoms with E-state index in [9.17, 15) is 0 Å². The van der Waals surface area contributed by atoms with Crippen molar-refractivity contribution in [3.05, 3.63) is 34.3 Å². The molecule has 0 aliphatic carbocycles. The van der Waals surface area contributed by atoms with Crippen molar-refractivity contribution in [2.45, 2.75) is 19.5 Å². The summed E-state index contributed by atoms with van der Waals surface area (Å²) < 4.78 is 4.57. The van der Waals surface area contributed by atoms with Crippen LogP contribution in [0.25, 0.3) is 0 Å². The van der Waals surface area contributed by atoms with Gasteiger partial charge in [0.2, 0.25) is 0 Å². The normalized spacial score (nSPS) is 13.0. The van der Waals surface area contributed by atoms with Gasteiger partial charge >= 0.3 is 0 Å². The smallest absolute Gasteiger partial charge is 0.0765 e. The first-order chi connectivity index (χ1) is 7.63. The summed E-state index contributed by atoms with van der Waals surface area (Å²) >= 11 is 3.47. The molecule has 0 spiro atoms. The molecule has 0 amide bonds. The Balaban J connectivity index is 2.40. The fraction of sp³-hybridized carbons (Fsp3) is 0.400. The quantitative estimate of drug-likeness (QED) is 0.928. The zero-order valence-corrected chi connectivity index (χ0v) is 10.8. The van der Waals surface area contributed by atoms with Gasteiger partial charge in [-0.15, -0.1) is 0 Å². The van der Waals surface area contributed by atoms with Gasteiger partial charge in [0, 0.05) is 25.4 Å². The van der Waals surface area contributed by atoms with E-state index in [2.05, 4.69) is 26.1 Å². The van der Waals surface area contributed by atoms with E-state index in [1.54, 1.807) is 17.1 Å². The van der Waals surface area contributed by atoms with Crippen molar-refractivity contribution >= 4 is 15.9 Å². The first kappa shape index (κ1) is 11.3. The monoisotopic (exact) mass is 283 g/mol. The van der Waals surface area contributed by atoms with Gasteiger partial charge in [-0.05, 0) is 22.9 Å². The van der Waals surface area contributed by atoms with Gasteiger partial charge < -0.3 is 5.73 Å². The highest BCUT2D eigenvalue weighted by Crippen LogP contribution is 2.26. The Hall–Kier alpha value is -1.14. The molecule has 0 aliphatic rings. The van der Waals surface area contributed by atoms with Crippen molar-refractivity contribution in [2.75, 3.05) is 0 Å². The molecule has 0 radical (unpaired) electrons. The highest BCUT2D eigenvalue weighted by Gasteiger charge is 2.18. The van der Waals surface area contributed by atoms with Crippen LogP contribution in [-0.2, 0) is 13.6 Å². The lowest BCUT2D eigenvalue weighted by molar-refractivity contribution is 0.599. The van der Waals surface area contributed by atoms with E-state index < -0.39 is 0 Å². The second-order valence-corrected chi connectivity index (χ2v) is 4.47. The van der Waals surface area contributed by atoms with Crippen LogP contribution in [0.5, 0.6) is 0 Å². The van der Waals surface area contributed by atoms with E-state index in [4.69, 9.17) is 5.73 Å². The Morgan fingerprint density at radius 3 is 2.75 bits per heavy atom. The van der Waals surface area contributed by atoms with Crippen LogP contribution < -0.4 is 5.73 Å². The fourth-order valence-electron chi connectivity index (χ4n) is 1.69. The summed E-state index contributed by atoms with van der Waals surface area (Å²) in [5, 5.41) is 8.37. The Bertz CT molecular complexity index is 487. The predicted molar refractivity (Wildman–Crippen MR) is 64.8 cm³/mol. The number of hydrogen-bond donors (Lipinski definition) is 1. The van der Waals surface area contributed by atoms with E-state index in [0.29, 0.717) is 0 Å². The third kappa shape index (κ3) is 1.90. The van der Waals surface area contributed by atoms with E-state index in [1.807, 2.05) is 24.9 Å². The van der Waals surface area contributed by atoms with Crippen LogP contribution in [-0.4, -0.2) is 19.6 Å². The minimum atomic E-state index is -0.203. The molecule has 0 saturated carbocycles. The zero-order valence-electron chi connectivity index (χ0n) is 9.26. The van der Waals surface area contributed by atoms with Crippen LogP contribution in [0.2, 0.25) is 0 Å². The summed E-state index contributed by atoms with van der Waals surface area (Å²) in [7, 11) is 1.88. The lowest BCUT2D eigenvalue weighted by Gasteiger charge is -2.12. The number of rotatable bonds is 3. The molecular formula is C10H14BrN5. The number of halogens is 1. The van der Waals surface area contributed by atoms with Crippen molar-refractivity contribution in [1.29, 1.82) is 0 Å². The second-order valence-electron chi connectivity index (χ2n) is 3.62. The van der Waals surface area contributed by atoms with Crippen molar-refractivity contribution in [3.63, 3.8) is 0 Å². The number of nitrogens with two attached hydrogens (primary N) is 1. The summed E-state index contributed by atoms with van der Waals surface area (Å²) in [6.07, 6.45) is 5.48. The molecule has 2 heterocycles. The molecule has 1 unspecified atom stereocenters. The van der Waals surface area contributed by atoms with Crippen molar-refractivity contribution in [3.8, 4) is 0 Å². The van der Waals surface area contributed by atoms with Gasteiger partial charge in [0.05, 0.1) is 28.6 Å². The number of hydrogen-bond acceptors (Lipinski definition) is 3. The van der Waals surface area contributed by atoms with Crippen molar-refractivity contribution in [1.82, 2.24) is 19.6 Å². The largest absolute Gasteiger partial charge is 0.319 e. The van der Waals surface area contributed by atoms with Crippen LogP contribution >= 0.6 is 15.9 Å². The maximum Gasteiger partial charge on any atom is 0.0765 e. The Morgan fingerprint density at radius 1 is 1.44 bits per heavy atom. The first-order valence-corrected chi connectivity index (χ1v) is 5.88. The van der Waals surface area contributed by atoms with Gasteiger partial charge in [-0.25, -0.2) is 0 Å². The molecule has 0 saturated heterocycles. The first-order valence-electron chi connectivity index (χ1n) is 5.08. The maximum atomic E-state index is 6.21. The summed E-state index contributed by atoms with van der Waals surface area (Å²) in [4.78, 5) is 0. The molecule has 0 fully saturated rings. The molecule has 2 aromatic rings. The minimum absolute atomic E-state index is 0.203. The van der Waals surface area contributed by atoms with E-state index in [1.165, 1.54) is 0 Å². The second kappa shape index (κ2) is 4.39. The van der Waals surface area contributed by atoms with Gasteiger partial charge in [-0.3, -0.25) is 9.36 Å². The highest BCUT2D eigenvalue weighted by molar-refractivity contribution is 9.10. The Kier molecular flexibility index (Phi) is 3.11. The van der Waals surface area contributed by atoms with Crippen molar-refractivity contribution in [2.24, 2.45) is 12.8 Å². The summed E-state index contributed by atoms with van der Waals surface area (Å²) in [5.41, 5.74) is 8.17. The predicted octanol–water partition coefficient (Wildman–Crippen LogP) is 1.45. The standard InChI is InChI=1S/C10H14BrN5/c1-3-16-10(8(11)5-14-16)9(12)7-4-13-15(2)6-7/h4-6,9H,3,12H2,1-2H3. The summed E-state index contributed by atoms with van der Waals surface area (Å²) in [5.74, 6) is 0.